The second kappa shape index (κ2) is 5.89. The molecule has 104 valence electrons. The molecule has 0 aromatic carbocycles. The van der Waals surface area contributed by atoms with Gasteiger partial charge in [-0.3, -0.25) is 9.80 Å². The zero-order valence-electron chi connectivity index (χ0n) is 11.9. The van der Waals surface area contributed by atoms with Gasteiger partial charge in [-0.1, -0.05) is 12.8 Å². The van der Waals surface area contributed by atoms with Crippen molar-refractivity contribution in [3.05, 3.63) is 0 Å². The molecule has 3 aliphatic rings. The van der Waals surface area contributed by atoms with Gasteiger partial charge in [-0.05, 0) is 52.2 Å². The van der Waals surface area contributed by atoms with Gasteiger partial charge in [0, 0.05) is 31.2 Å². The van der Waals surface area contributed by atoms with Crippen LogP contribution in [-0.2, 0) is 0 Å². The normalized spacial score (nSPS) is 39.5. The lowest BCUT2D eigenvalue weighted by atomic mass is 9.89. The molecule has 0 amide bonds. The molecule has 3 rings (SSSR count). The Morgan fingerprint density at radius 1 is 0.833 bits per heavy atom. The maximum Gasteiger partial charge on any atom is 0.0249 e. The van der Waals surface area contributed by atoms with Gasteiger partial charge in [-0.25, -0.2) is 0 Å². The molecule has 0 spiro atoms. The smallest absolute Gasteiger partial charge is 0.0249 e. The monoisotopic (exact) mass is 251 g/mol. The zero-order valence-corrected chi connectivity index (χ0v) is 11.9. The highest BCUT2D eigenvalue weighted by Crippen LogP contribution is 2.28. The Labute approximate surface area is 112 Å². The number of likely N-dealkylation sites (N-methyl/N-ethyl adjacent to an activating group) is 1. The molecule has 3 atom stereocenters. The first-order valence-corrected chi connectivity index (χ1v) is 8.04. The molecule has 1 aliphatic carbocycles. The van der Waals surface area contributed by atoms with E-state index in [4.69, 9.17) is 0 Å². The van der Waals surface area contributed by atoms with Crippen LogP contribution in [0.3, 0.4) is 0 Å². The first-order valence-electron chi connectivity index (χ1n) is 8.04. The van der Waals surface area contributed by atoms with Gasteiger partial charge in [-0.2, -0.15) is 0 Å². The average Bonchev–Trinajstić information content (AvgIpc) is 3.09. The van der Waals surface area contributed by atoms with Crippen molar-refractivity contribution >= 4 is 0 Å². The SMILES string of the molecule is CNC1CCCCC1N1CCC(N2CCCC2)C1. The van der Waals surface area contributed by atoms with Gasteiger partial charge in [0.1, 0.15) is 0 Å². The van der Waals surface area contributed by atoms with Gasteiger partial charge in [0.2, 0.25) is 0 Å². The van der Waals surface area contributed by atoms with Gasteiger partial charge >= 0.3 is 0 Å². The van der Waals surface area contributed by atoms with Crippen LogP contribution in [0.25, 0.3) is 0 Å². The second-order valence-electron chi connectivity index (χ2n) is 6.43. The molecule has 3 nitrogen and oxygen atoms in total. The van der Waals surface area contributed by atoms with Gasteiger partial charge < -0.3 is 5.32 Å². The van der Waals surface area contributed by atoms with Crippen molar-refractivity contribution in [1.82, 2.24) is 15.1 Å². The summed E-state index contributed by atoms with van der Waals surface area (Å²) in [6, 6.07) is 2.43. The highest BCUT2D eigenvalue weighted by molar-refractivity contribution is 4.94. The number of nitrogens with zero attached hydrogens (tertiary/aromatic N) is 2. The second-order valence-corrected chi connectivity index (χ2v) is 6.43. The molecule has 3 fully saturated rings. The average molecular weight is 251 g/mol. The standard InChI is InChI=1S/C15H29N3/c1-16-14-6-2-3-7-15(14)18-11-8-13(12-18)17-9-4-5-10-17/h13-16H,2-12H2,1H3. The fourth-order valence-electron chi connectivity index (χ4n) is 4.36. The summed E-state index contributed by atoms with van der Waals surface area (Å²) in [6.45, 7) is 5.39. The molecule has 18 heavy (non-hydrogen) atoms. The van der Waals surface area contributed by atoms with E-state index in [1.54, 1.807) is 0 Å². The predicted octanol–water partition coefficient (Wildman–Crippen LogP) is 1.69. The minimum atomic E-state index is 0.746. The topological polar surface area (TPSA) is 18.5 Å². The van der Waals surface area contributed by atoms with Gasteiger partial charge in [0.05, 0.1) is 0 Å². The third-order valence-electron chi connectivity index (χ3n) is 5.42. The maximum absolute atomic E-state index is 3.56. The molecule has 3 unspecified atom stereocenters. The minimum absolute atomic E-state index is 0.746. The quantitative estimate of drug-likeness (QED) is 0.823. The summed E-state index contributed by atoms with van der Waals surface area (Å²) in [4.78, 5) is 5.54. The Morgan fingerprint density at radius 3 is 2.39 bits per heavy atom. The van der Waals surface area contributed by atoms with E-state index in [2.05, 4.69) is 22.2 Å². The Bertz CT molecular complexity index is 262. The van der Waals surface area contributed by atoms with E-state index in [-0.39, 0.29) is 0 Å². The van der Waals surface area contributed by atoms with Crippen LogP contribution in [0.4, 0.5) is 0 Å². The van der Waals surface area contributed by atoms with Crippen LogP contribution in [0.2, 0.25) is 0 Å². The van der Waals surface area contributed by atoms with Gasteiger partial charge in [0.15, 0.2) is 0 Å². The highest BCUT2D eigenvalue weighted by Gasteiger charge is 2.36. The van der Waals surface area contributed by atoms with Crippen molar-refractivity contribution in [3.8, 4) is 0 Å². The van der Waals surface area contributed by atoms with E-state index in [0.29, 0.717) is 0 Å². The van der Waals surface area contributed by atoms with Crippen molar-refractivity contribution in [2.24, 2.45) is 0 Å². The predicted molar refractivity (Wildman–Crippen MR) is 75.9 cm³/mol. The first-order chi connectivity index (χ1) is 8.88. The van der Waals surface area contributed by atoms with Crippen LogP contribution in [0.5, 0.6) is 0 Å². The van der Waals surface area contributed by atoms with E-state index in [0.717, 1.165) is 18.1 Å². The van der Waals surface area contributed by atoms with Crippen LogP contribution in [0.15, 0.2) is 0 Å². The fourth-order valence-corrected chi connectivity index (χ4v) is 4.36. The van der Waals surface area contributed by atoms with Crippen LogP contribution in [0, 0.1) is 0 Å². The Hall–Kier alpha value is -0.120. The van der Waals surface area contributed by atoms with Crippen molar-refractivity contribution in [2.45, 2.75) is 63.1 Å². The molecule has 2 aliphatic heterocycles. The molecule has 0 aromatic heterocycles. The van der Waals surface area contributed by atoms with Crippen molar-refractivity contribution in [1.29, 1.82) is 0 Å². The van der Waals surface area contributed by atoms with Crippen LogP contribution in [0.1, 0.15) is 44.9 Å². The lowest BCUT2D eigenvalue weighted by molar-refractivity contribution is 0.139. The van der Waals surface area contributed by atoms with E-state index in [1.807, 2.05) is 0 Å². The number of nitrogens with one attached hydrogen (secondary N) is 1. The first kappa shape index (κ1) is 12.9. The molecular formula is C15H29N3. The van der Waals surface area contributed by atoms with Gasteiger partial charge in [0.25, 0.3) is 0 Å². The van der Waals surface area contributed by atoms with Crippen LogP contribution < -0.4 is 5.32 Å². The summed E-state index contributed by atoms with van der Waals surface area (Å²) >= 11 is 0. The Morgan fingerprint density at radius 2 is 1.61 bits per heavy atom. The van der Waals surface area contributed by atoms with Crippen molar-refractivity contribution < 1.29 is 0 Å². The van der Waals surface area contributed by atoms with E-state index < -0.39 is 0 Å². The fraction of sp³-hybridized carbons (Fsp3) is 1.00. The molecule has 1 N–H and O–H groups in total. The molecule has 0 radical (unpaired) electrons. The lowest BCUT2D eigenvalue weighted by Gasteiger charge is -2.38. The molecule has 0 bridgehead atoms. The molecule has 3 heteroatoms. The third-order valence-corrected chi connectivity index (χ3v) is 5.42. The zero-order chi connectivity index (χ0) is 12.4. The summed E-state index contributed by atoms with van der Waals surface area (Å²) in [5.41, 5.74) is 0. The molecular weight excluding hydrogens is 222 g/mol. The summed E-state index contributed by atoms with van der Waals surface area (Å²) in [6.07, 6.45) is 9.93. The minimum Gasteiger partial charge on any atom is -0.315 e. The summed E-state index contributed by atoms with van der Waals surface area (Å²) in [5.74, 6) is 0. The third kappa shape index (κ3) is 2.59. The number of rotatable bonds is 3. The Kier molecular flexibility index (Phi) is 4.22. The highest BCUT2D eigenvalue weighted by atomic mass is 15.3. The molecule has 2 heterocycles. The number of likely N-dealkylation sites (tertiary alicyclic amines) is 2. The van der Waals surface area contributed by atoms with Gasteiger partial charge in [-0.15, -0.1) is 0 Å². The number of hydrogen-bond donors (Lipinski definition) is 1. The summed E-state index contributed by atoms with van der Waals surface area (Å²) in [5, 5.41) is 3.56. The van der Waals surface area contributed by atoms with E-state index >= 15 is 0 Å². The Balaban J connectivity index is 1.56. The largest absolute Gasteiger partial charge is 0.315 e. The lowest BCUT2D eigenvalue weighted by Crippen LogP contribution is -2.50. The van der Waals surface area contributed by atoms with Crippen LogP contribution in [-0.4, -0.2) is 61.2 Å². The molecule has 1 saturated carbocycles. The van der Waals surface area contributed by atoms with Crippen LogP contribution >= 0.6 is 0 Å². The maximum atomic E-state index is 3.56. The van der Waals surface area contributed by atoms with E-state index in [1.165, 1.54) is 71.1 Å². The summed E-state index contributed by atoms with van der Waals surface area (Å²) < 4.78 is 0. The number of hydrogen-bond acceptors (Lipinski definition) is 3. The van der Waals surface area contributed by atoms with Crippen molar-refractivity contribution in [3.63, 3.8) is 0 Å². The molecule has 0 aromatic rings. The van der Waals surface area contributed by atoms with Crippen molar-refractivity contribution in [2.75, 3.05) is 33.2 Å². The summed E-state index contributed by atoms with van der Waals surface area (Å²) in [7, 11) is 2.15. The van der Waals surface area contributed by atoms with E-state index in [9.17, 15) is 0 Å². The molecule has 2 saturated heterocycles.